The van der Waals surface area contributed by atoms with E-state index in [-0.39, 0.29) is 12.5 Å². The Morgan fingerprint density at radius 2 is 2.00 bits per heavy atom. The number of carbonyl (C=O) groups is 2. The maximum absolute atomic E-state index is 12.2. The van der Waals surface area contributed by atoms with Crippen molar-refractivity contribution in [2.75, 3.05) is 44.2 Å². The molecule has 3 heterocycles. The lowest BCUT2D eigenvalue weighted by molar-refractivity contribution is -0.131. The fourth-order valence-corrected chi connectivity index (χ4v) is 3.43. The lowest BCUT2D eigenvalue weighted by Crippen LogP contribution is -2.51. The number of amides is 3. The maximum Gasteiger partial charge on any atom is 0.325 e. The Balaban J connectivity index is 1.51. The maximum atomic E-state index is 12.2. The van der Waals surface area contributed by atoms with Crippen LogP contribution in [-0.2, 0) is 4.79 Å². The summed E-state index contributed by atoms with van der Waals surface area (Å²) in [5.41, 5.74) is -0.379. The van der Waals surface area contributed by atoms with Crippen LogP contribution >= 0.6 is 0 Å². The summed E-state index contributed by atoms with van der Waals surface area (Å²) in [7, 11) is 0. The zero-order valence-electron chi connectivity index (χ0n) is 15.6. The first kappa shape index (κ1) is 19.1. The summed E-state index contributed by atoms with van der Waals surface area (Å²) < 4.78 is 0. The highest BCUT2D eigenvalue weighted by Crippen LogP contribution is 2.19. The van der Waals surface area contributed by atoms with Crippen LogP contribution in [0.4, 0.5) is 10.6 Å². The van der Waals surface area contributed by atoms with Crippen molar-refractivity contribution < 1.29 is 14.7 Å². The first-order valence-electron chi connectivity index (χ1n) is 8.96. The van der Waals surface area contributed by atoms with Gasteiger partial charge in [0.1, 0.15) is 17.4 Å². The van der Waals surface area contributed by atoms with Crippen molar-refractivity contribution in [1.82, 2.24) is 20.1 Å². The van der Waals surface area contributed by atoms with E-state index < -0.39 is 17.7 Å². The van der Waals surface area contributed by atoms with Crippen LogP contribution in [0.3, 0.4) is 0 Å². The number of nitrogens with one attached hydrogen (secondary N) is 1. The van der Waals surface area contributed by atoms with Crippen LogP contribution in [0, 0.1) is 11.3 Å². The number of aliphatic hydroxyl groups excluding tert-OH is 1. The molecule has 2 saturated heterocycles. The van der Waals surface area contributed by atoms with E-state index in [4.69, 9.17) is 0 Å². The number of aromatic nitrogens is 1. The summed E-state index contributed by atoms with van der Waals surface area (Å²) in [6, 6.07) is 5.18. The number of rotatable bonds is 5. The Labute approximate surface area is 158 Å². The second-order valence-corrected chi connectivity index (χ2v) is 7.40. The molecule has 0 radical (unpaired) electrons. The first-order valence-corrected chi connectivity index (χ1v) is 8.96. The Hall–Kier alpha value is -2.70. The molecule has 0 spiro atoms. The van der Waals surface area contributed by atoms with Crippen molar-refractivity contribution in [2.24, 2.45) is 0 Å². The molecule has 1 aromatic rings. The van der Waals surface area contributed by atoms with Crippen LogP contribution in [0.1, 0.15) is 19.4 Å². The molecule has 1 atom stereocenters. The highest BCUT2D eigenvalue weighted by atomic mass is 16.3. The number of hydrogen-bond donors (Lipinski definition) is 2. The fourth-order valence-electron chi connectivity index (χ4n) is 3.43. The van der Waals surface area contributed by atoms with E-state index in [9.17, 15) is 20.0 Å². The smallest absolute Gasteiger partial charge is 0.325 e. The molecule has 1 unspecified atom stereocenters. The van der Waals surface area contributed by atoms with Gasteiger partial charge in [-0.05, 0) is 26.0 Å². The van der Waals surface area contributed by atoms with Crippen molar-refractivity contribution >= 4 is 17.8 Å². The van der Waals surface area contributed by atoms with Crippen LogP contribution < -0.4 is 10.2 Å². The molecule has 1 aromatic heterocycles. The molecule has 0 saturated carbocycles. The normalized spacial score (nSPS) is 21.1. The zero-order chi connectivity index (χ0) is 19.6. The molecule has 3 rings (SSSR count). The Morgan fingerprint density at radius 1 is 1.30 bits per heavy atom. The number of aliphatic hydroxyl groups is 1. The zero-order valence-corrected chi connectivity index (χ0v) is 15.6. The summed E-state index contributed by atoms with van der Waals surface area (Å²) >= 11 is 0. The summed E-state index contributed by atoms with van der Waals surface area (Å²) in [6.07, 6.45) is 0.857. The number of anilines is 1. The Bertz CT molecular complexity index is 767. The van der Waals surface area contributed by atoms with E-state index in [1.54, 1.807) is 32.2 Å². The largest absolute Gasteiger partial charge is 0.390 e. The third-order valence-corrected chi connectivity index (χ3v) is 4.89. The predicted octanol–water partition coefficient (Wildman–Crippen LogP) is -0.233. The van der Waals surface area contributed by atoms with Gasteiger partial charge in [-0.25, -0.2) is 9.78 Å². The van der Waals surface area contributed by atoms with Gasteiger partial charge in [-0.3, -0.25) is 14.6 Å². The lowest BCUT2D eigenvalue weighted by Gasteiger charge is -2.36. The monoisotopic (exact) mass is 372 g/mol. The average molecular weight is 372 g/mol. The van der Waals surface area contributed by atoms with E-state index >= 15 is 0 Å². The molecule has 27 heavy (non-hydrogen) atoms. The molecule has 2 aliphatic rings. The van der Waals surface area contributed by atoms with Crippen LogP contribution in [-0.4, -0.2) is 82.7 Å². The number of imide groups is 1. The van der Waals surface area contributed by atoms with Gasteiger partial charge in [-0.15, -0.1) is 0 Å². The van der Waals surface area contributed by atoms with Gasteiger partial charge in [0.2, 0.25) is 0 Å². The van der Waals surface area contributed by atoms with Gasteiger partial charge in [0.25, 0.3) is 5.91 Å². The number of urea groups is 1. The minimum absolute atomic E-state index is 0.0207. The fraction of sp³-hybridized carbons (Fsp3) is 0.556. The lowest BCUT2D eigenvalue weighted by atomic mass is 10.1. The Kier molecular flexibility index (Phi) is 5.30. The molecular weight excluding hydrogens is 348 g/mol. The van der Waals surface area contributed by atoms with E-state index in [0.29, 0.717) is 44.1 Å². The van der Waals surface area contributed by atoms with Gasteiger partial charge in [0, 0.05) is 38.9 Å². The summed E-state index contributed by atoms with van der Waals surface area (Å²) in [5, 5.41) is 22.2. The SMILES string of the molecule is CC1(C)NC(=O)N(CC(O)CN2CCN(c3ncccc3C#N)CC2)C1=O. The summed E-state index contributed by atoms with van der Waals surface area (Å²) in [5.74, 6) is 0.359. The third kappa shape index (κ3) is 4.02. The molecule has 2 N–H and O–H groups in total. The molecule has 144 valence electrons. The minimum atomic E-state index is -0.927. The Morgan fingerprint density at radius 3 is 2.59 bits per heavy atom. The average Bonchev–Trinajstić information content (AvgIpc) is 2.84. The quantitative estimate of drug-likeness (QED) is 0.686. The van der Waals surface area contributed by atoms with Crippen molar-refractivity contribution in [3.05, 3.63) is 23.9 Å². The molecule has 0 bridgehead atoms. The van der Waals surface area contributed by atoms with Crippen molar-refractivity contribution in [3.8, 4) is 6.07 Å². The number of carbonyl (C=O) groups excluding carboxylic acids is 2. The minimum Gasteiger partial charge on any atom is -0.390 e. The van der Waals surface area contributed by atoms with Gasteiger partial charge in [0.05, 0.1) is 18.2 Å². The van der Waals surface area contributed by atoms with E-state index in [1.807, 2.05) is 0 Å². The number of nitriles is 1. The van der Waals surface area contributed by atoms with Gasteiger partial charge in [0.15, 0.2) is 0 Å². The van der Waals surface area contributed by atoms with E-state index in [2.05, 4.69) is 26.2 Å². The number of β-amino-alcohol motifs (C(OH)–C–C–N with tert-alkyl or cyclic N) is 1. The summed E-state index contributed by atoms with van der Waals surface area (Å²) in [6.45, 7) is 6.42. The number of piperazine rings is 1. The first-order chi connectivity index (χ1) is 12.8. The number of pyridine rings is 1. The highest BCUT2D eigenvalue weighted by Gasteiger charge is 2.44. The standard InChI is InChI=1S/C18H24N6O3/c1-18(2)16(26)24(17(27)21-18)12-14(25)11-22-6-8-23(9-7-22)15-13(10-19)4-3-5-20-15/h3-5,14,25H,6-9,11-12H2,1-2H3,(H,21,27). The molecule has 0 aliphatic carbocycles. The van der Waals surface area contributed by atoms with Gasteiger partial charge in [-0.2, -0.15) is 5.26 Å². The molecular formula is C18H24N6O3. The molecule has 2 aliphatic heterocycles. The van der Waals surface area contributed by atoms with Crippen LogP contribution in [0.2, 0.25) is 0 Å². The van der Waals surface area contributed by atoms with Crippen LogP contribution in [0.15, 0.2) is 18.3 Å². The molecule has 2 fully saturated rings. The molecule has 9 heteroatoms. The second-order valence-electron chi connectivity index (χ2n) is 7.40. The van der Waals surface area contributed by atoms with Crippen molar-refractivity contribution in [1.29, 1.82) is 5.26 Å². The van der Waals surface area contributed by atoms with E-state index in [1.165, 1.54) is 0 Å². The van der Waals surface area contributed by atoms with Crippen molar-refractivity contribution in [2.45, 2.75) is 25.5 Å². The van der Waals surface area contributed by atoms with Crippen LogP contribution in [0.5, 0.6) is 0 Å². The van der Waals surface area contributed by atoms with Crippen LogP contribution in [0.25, 0.3) is 0 Å². The number of hydrogen-bond acceptors (Lipinski definition) is 7. The number of nitrogens with zero attached hydrogens (tertiary/aromatic N) is 5. The summed E-state index contributed by atoms with van der Waals surface area (Å²) in [4.78, 5) is 33.6. The molecule has 9 nitrogen and oxygen atoms in total. The van der Waals surface area contributed by atoms with Gasteiger partial charge >= 0.3 is 6.03 Å². The third-order valence-electron chi connectivity index (χ3n) is 4.89. The topological polar surface area (TPSA) is 113 Å². The highest BCUT2D eigenvalue weighted by molar-refractivity contribution is 6.06. The van der Waals surface area contributed by atoms with Gasteiger partial charge < -0.3 is 15.3 Å². The second kappa shape index (κ2) is 7.50. The van der Waals surface area contributed by atoms with Crippen molar-refractivity contribution in [3.63, 3.8) is 0 Å². The van der Waals surface area contributed by atoms with E-state index in [0.717, 1.165) is 4.90 Å². The van der Waals surface area contributed by atoms with Gasteiger partial charge in [-0.1, -0.05) is 0 Å². The predicted molar refractivity (Wildman–Crippen MR) is 97.9 cm³/mol. The molecule has 3 amide bonds. The molecule has 0 aromatic carbocycles.